The summed E-state index contributed by atoms with van der Waals surface area (Å²) in [6.45, 7) is 0.0469. The normalized spacial score (nSPS) is 10.7. The molecule has 0 aliphatic heterocycles. The molecule has 30 heavy (non-hydrogen) atoms. The Morgan fingerprint density at radius 2 is 1.83 bits per heavy atom. The highest BCUT2D eigenvalue weighted by atomic mass is 35.5. The van der Waals surface area contributed by atoms with Gasteiger partial charge in [-0.15, -0.1) is 0 Å². The number of carbonyl (C=O) groups excluding carboxylic acids is 1. The van der Waals surface area contributed by atoms with Crippen molar-refractivity contribution in [2.24, 2.45) is 0 Å². The molecule has 1 aromatic heterocycles. The van der Waals surface area contributed by atoms with Crippen LogP contribution < -0.4 is 15.2 Å². The van der Waals surface area contributed by atoms with Gasteiger partial charge >= 0.3 is 5.76 Å². The topological polar surface area (TPSA) is 86.8 Å². The van der Waals surface area contributed by atoms with E-state index in [0.29, 0.717) is 33.7 Å². The van der Waals surface area contributed by atoms with Crippen LogP contribution in [0.5, 0.6) is 11.5 Å². The number of hydrogen-bond donors (Lipinski definition) is 0. The van der Waals surface area contributed by atoms with Crippen LogP contribution in [0.15, 0.2) is 45.7 Å². The average Bonchev–Trinajstić information content (AvgIpc) is 3.10. The maximum absolute atomic E-state index is 12.7. The lowest BCUT2D eigenvalue weighted by Crippen LogP contribution is -2.32. The van der Waals surface area contributed by atoms with Gasteiger partial charge in [-0.05, 0) is 35.9 Å². The van der Waals surface area contributed by atoms with E-state index in [2.05, 4.69) is 5.16 Å². The molecule has 0 N–H and O–H groups in total. The van der Waals surface area contributed by atoms with Gasteiger partial charge in [0.1, 0.15) is 6.54 Å². The van der Waals surface area contributed by atoms with Crippen LogP contribution in [0.3, 0.4) is 0 Å². The van der Waals surface area contributed by atoms with Crippen molar-refractivity contribution in [1.82, 2.24) is 14.6 Å². The number of benzene rings is 2. The Labute approximate surface area is 182 Å². The number of amides is 1. The van der Waals surface area contributed by atoms with Gasteiger partial charge in [-0.2, -0.15) is 0 Å². The number of methoxy groups -OCH3 is 2. The lowest BCUT2D eigenvalue weighted by atomic mass is 10.2. The molecule has 0 spiro atoms. The number of halogens is 2. The van der Waals surface area contributed by atoms with E-state index in [9.17, 15) is 9.59 Å². The summed E-state index contributed by atoms with van der Waals surface area (Å²) in [5.41, 5.74) is 1.34. The standard InChI is InChI=1S/C20H19Cl2N3O5/c1-24(10-12-4-6-14(21)15(22)8-12)18(26)11-25-19(23-30-20(25)27)13-5-7-16(28-2)17(9-13)29-3/h4-9H,10-11H2,1-3H3. The van der Waals surface area contributed by atoms with E-state index >= 15 is 0 Å². The number of carbonyl (C=O) groups is 1. The van der Waals surface area contributed by atoms with Crippen molar-refractivity contribution >= 4 is 29.1 Å². The largest absolute Gasteiger partial charge is 0.493 e. The molecule has 158 valence electrons. The van der Waals surface area contributed by atoms with Crippen molar-refractivity contribution in [3.63, 3.8) is 0 Å². The Balaban J connectivity index is 1.82. The zero-order valence-corrected chi connectivity index (χ0v) is 18.0. The van der Waals surface area contributed by atoms with Crippen LogP contribution in [0.4, 0.5) is 0 Å². The third-order valence-corrected chi connectivity index (χ3v) is 5.19. The molecule has 0 unspecified atom stereocenters. The Hall–Kier alpha value is -2.97. The molecule has 0 radical (unpaired) electrons. The fourth-order valence-corrected chi connectivity index (χ4v) is 3.17. The summed E-state index contributed by atoms with van der Waals surface area (Å²) < 4.78 is 16.4. The molecule has 2 aromatic carbocycles. The minimum absolute atomic E-state index is 0.206. The molecule has 10 heteroatoms. The summed E-state index contributed by atoms with van der Waals surface area (Å²) in [6, 6.07) is 10.1. The molecule has 0 atom stereocenters. The van der Waals surface area contributed by atoms with E-state index in [4.69, 9.17) is 37.2 Å². The van der Waals surface area contributed by atoms with Gasteiger partial charge in [-0.3, -0.25) is 9.32 Å². The molecule has 0 saturated heterocycles. The maximum Gasteiger partial charge on any atom is 0.442 e. The quantitative estimate of drug-likeness (QED) is 0.546. The minimum Gasteiger partial charge on any atom is -0.493 e. The van der Waals surface area contributed by atoms with E-state index < -0.39 is 5.76 Å². The second-order valence-corrected chi connectivity index (χ2v) is 7.24. The highest BCUT2D eigenvalue weighted by Gasteiger charge is 2.19. The molecular formula is C20H19Cl2N3O5. The number of likely N-dealkylation sites (N-methyl/N-ethyl adjacent to an activating group) is 1. The van der Waals surface area contributed by atoms with Gasteiger partial charge in [-0.25, -0.2) is 9.36 Å². The lowest BCUT2D eigenvalue weighted by Gasteiger charge is -2.18. The predicted octanol–water partition coefficient (Wildman–Crippen LogP) is 3.49. The Bertz CT molecular complexity index is 1130. The Morgan fingerprint density at radius 1 is 1.10 bits per heavy atom. The molecule has 1 heterocycles. The number of aromatic nitrogens is 2. The van der Waals surface area contributed by atoms with Gasteiger partial charge < -0.3 is 14.4 Å². The second-order valence-electron chi connectivity index (χ2n) is 6.43. The first-order chi connectivity index (χ1) is 14.3. The van der Waals surface area contributed by atoms with Gasteiger partial charge in [-0.1, -0.05) is 34.4 Å². The van der Waals surface area contributed by atoms with Crippen LogP contribution in [-0.4, -0.2) is 41.8 Å². The fraction of sp³-hybridized carbons (Fsp3) is 0.250. The fourth-order valence-electron chi connectivity index (χ4n) is 2.85. The number of nitrogens with zero attached hydrogens (tertiary/aromatic N) is 3. The first-order valence-corrected chi connectivity index (χ1v) is 9.56. The van der Waals surface area contributed by atoms with E-state index in [-0.39, 0.29) is 18.3 Å². The third-order valence-electron chi connectivity index (χ3n) is 4.45. The van der Waals surface area contributed by atoms with Crippen LogP contribution in [0, 0.1) is 0 Å². The van der Waals surface area contributed by atoms with E-state index in [1.165, 1.54) is 19.1 Å². The van der Waals surface area contributed by atoms with Crippen LogP contribution in [0.25, 0.3) is 11.4 Å². The van der Waals surface area contributed by atoms with Crippen molar-refractivity contribution in [1.29, 1.82) is 0 Å². The van der Waals surface area contributed by atoms with Gasteiger partial charge in [0.25, 0.3) is 0 Å². The second kappa shape index (κ2) is 9.23. The molecule has 3 aromatic rings. The summed E-state index contributed by atoms with van der Waals surface area (Å²) in [7, 11) is 4.64. The van der Waals surface area contributed by atoms with Crippen LogP contribution in [0.2, 0.25) is 10.0 Å². The van der Waals surface area contributed by atoms with Gasteiger partial charge in [0, 0.05) is 19.2 Å². The molecule has 0 saturated carbocycles. The number of hydrogen-bond acceptors (Lipinski definition) is 6. The first kappa shape index (κ1) is 21.7. The van der Waals surface area contributed by atoms with Gasteiger partial charge in [0.15, 0.2) is 17.3 Å². The highest BCUT2D eigenvalue weighted by molar-refractivity contribution is 6.42. The summed E-state index contributed by atoms with van der Waals surface area (Å²) >= 11 is 12.0. The third kappa shape index (κ3) is 4.60. The monoisotopic (exact) mass is 451 g/mol. The predicted molar refractivity (Wildman–Crippen MR) is 112 cm³/mol. The molecule has 0 aliphatic rings. The van der Waals surface area contributed by atoms with Crippen molar-refractivity contribution in [2.45, 2.75) is 13.1 Å². The molecule has 0 aliphatic carbocycles. The SMILES string of the molecule is COc1ccc(-c2noc(=O)n2CC(=O)N(C)Cc2ccc(Cl)c(Cl)c2)cc1OC. The molecule has 0 bridgehead atoms. The molecule has 3 rings (SSSR count). The zero-order chi connectivity index (χ0) is 21.8. The summed E-state index contributed by atoms with van der Waals surface area (Å²) in [6.07, 6.45) is 0. The molecule has 1 amide bonds. The average molecular weight is 452 g/mol. The van der Waals surface area contributed by atoms with Gasteiger partial charge in [0.05, 0.1) is 24.3 Å². The van der Waals surface area contributed by atoms with Crippen molar-refractivity contribution in [3.8, 4) is 22.9 Å². The van der Waals surface area contributed by atoms with Crippen molar-refractivity contribution in [3.05, 3.63) is 62.6 Å². The van der Waals surface area contributed by atoms with Crippen molar-refractivity contribution < 1.29 is 18.8 Å². The van der Waals surface area contributed by atoms with Crippen LogP contribution in [-0.2, 0) is 17.9 Å². The Morgan fingerprint density at radius 3 is 2.50 bits per heavy atom. The summed E-state index contributed by atoms with van der Waals surface area (Å²) in [5.74, 6) is 0.137. The number of rotatable bonds is 7. The first-order valence-electron chi connectivity index (χ1n) is 8.80. The Kier molecular flexibility index (Phi) is 6.69. The molecule has 8 nitrogen and oxygen atoms in total. The van der Waals surface area contributed by atoms with Crippen LogP contribution >= 0.6 is 23.2 Å². The van der Waals surface area contributed by atoms with E-state index in [0.717, 1.165) is 10.1 Å². The number of ether oxygens (including phenoxy) is 2. The minimum atomic E-state index is -0.740. The lowest BCUT2D eigenvalue weighted by molar-refractivity contribution is -0.131. The van der Waals surface area contributed by atoms with E-state index in [1.54, 1.807) is 43.4 Å². The summed E-state index contributed by atoms with van der Waals surface area (Å²) in [4.78, 5) is 26.4. The van der Waals surface area contributed by atoms with Crippen molar-refractivity contribution in [2.75, 3.05) is 21.3 Å². The summed E-state index contributed by atoms with van der Waals surface area (Å²) in [5, 5.41) is 4.65. The van der Waals surface area contributed by atoms with Gasteiger partial charge in [0.2, 0.25) is 5.91 Å². The van der Waals surface area contributed by atoms with Crippen LogP contribution in [0.1, 0.15) is 5.56 Å². The van der Waals surface area contributed by atoms with E-state index in [1.807, 2.05) is 0 Å². The maximum atomic E-state index is 12.7. The zero-order valence-electron chi connectivity index (χ0n) is 16.5. The molecular weight excluding hydrogens is 433 g/mol. The molecule has 0 fully saturated rings. The highest BCUT2D eigenvalue weighted by Crippen LogP contribution is 2.31. The smallest absolute Gasteiger partial charge is 0.442 e.